The highest BCUT2D eigenvalue weighted by Crippen LogP contribution is 2.37. The van der Waals surface area contributed by atoms with E-state index < -0.39 is 0 Å². The molecule has 0 amide bonds. The topological polar surface area (TPSA) is 46.2 Å². The zero-order valence-corrected chi connectivity index (χ0v) is 9.24. The first-order valence-electron chi connectivity index (χ1n) is 5.72. The number of nitrogens with two attached hydrogens (primary N) is 1. The van der Waals surface area contributed by atoms with Gasteiger partial charge in [0.25, 0.3) is 0 Å². The molecule has 0 aliphatic heterocycles. The molecule has 0 radical (unpaired) electrons. The molecule has 0 aromatic heterocycles. The van der Waals surface area contributed by atoms with Gasteiger partial charge in [0.05, 0.1) is 6.10 Å². The van der Waals surface area contributed by atoms with E-state index in [2.05, 4.69) is 0 Å². The van der Waals surface area contributed by atoms with Crippen molar-refractivity contribution in [3.05, 3.63) is 29.3 Å². The van der Waals surface area contributed by atoms with Gasteiger partial charge in [-0.15, -0.1) is 0 Å². The van der Waals surface area contributed by atoms with Crippen LogP contribution in [0.25, 0.3) is 0 Å². The van der Waals surface area contributed by atoms with E-state index in [4.69, 9.17) is 5.73 Å². The van der Waals surface area contributed by atoms with Crippen LogP contribution in [-0.2, 0) is 0 Å². The predicted octanol–water partition coefficient (Wildman–Crippen LogP) is 2.80. The van der Waals surface area contributed by atoms with E-state index >= 15 is 0 Å². The quantitative estimate of drug-likeness (QED) is 0.729. The van der Waals surface area contributed by atoms with Crippen molar-refractivity contribution in [2.24, 2.45) is 5.92 Å². The van der Waals surface area contributed by atoms with Gasteiger partial charge in [-0.25, -0.2) is 0 Å². The number of nitrogen functional groups attached to an aromatic ring is 1. The smallest absolute Gasteiger partial charge is 0.0838 e. The molecule has 1 atom stereocenters. The van der Waals surface area contributed by atoms with Crippen LogP contribution in [-0.4, -0.2) is 5.11 Å². The van der Waals surface area contributed by atoms with E-state index in [0.717, 1.165) is 29.7 Å². The van der Waals surface area contributed by atoms with Crippen LogP contribution >= 0.6 is 0 Å². The van der Waals surface area contributed by atoms with Gasteiger partial charge >= 0.3 is 0 Å². The molecule has 0 bridgehead atoms. The lowest BCUT2D eigenvalue weighted by molar-refractivity contribution is 0.112. The third-order valence-corrected chi connectivity index (χ3v) is 3.41. The van der Waals surface area contributed by atoms with Crippen molar-refractivity contribution in [1.82, 2.24) is 0 Å². The second-order valence-electron chi connectivity index (χ2n) is 4.62. The second-order valence-corrected chi connectivity index (χ2v) is 4.62. The van der Waals surface area contributed by atoms with E-state index in [9.17, 15) is 5.11 Å². The normalized spacial score (nSPS) is 19.3. The van der Waals surface area contributed by atoms with E-state index in [1.165, 1.54) is 12.8 Å². The molecule has 1 unspecified atom stereocenters. The Morgan fingerprint density at radius 2 is 2.00 bits per heavy atom. The maximum Gasteiger partial charge on any atom is 0.0838 e. The van der Waals surface area contributed by atoms with Crippen molar-refractivity contribution in [3.8, 4) is 0 Å². The Bertz CT molecular complexity index is 342. The molecule has 2 heteroatoms. The number of aryl methyl sites for hydroxylation is 1. The van der Waals surface area contributed by atoms with E-state index in [1.54, 1.807) is 0 Å². The minimum atomic E-state index is -0.368. The van der Waals surface area contributed by atoms with Crippen LogP contribution in [0.4, 0.5) is 5.69 Å². The molecule has 1 aromatic carbocycles. The SMILES string of the molecule is Cc1ccc(C(O)C2CCCC2)c(N)c1. The van der Waals surface area contributed by atoms with Gasteiger partial charge in [-0.05, 0) is 37.3 Å². The van der Waals surface area contributed by atoms with Crippen molar-refractivity contribution in [1.29, 1.82) is 0 Å². The van der Waals surface area contributed by atoms with E-state index in [0.29, 0.717) is 5.92 Å². The number of hydrogen-bond donors (Lipinski definition) is 2. The Labute approximate surface area is 91.1 Å². The van der Waals surface area contributed by atoms with Crippen LogP contribution in [0, 0.1) is 12.8 Å². The summed E-state index contributed by atoms with van der Waals surface area (Å²) in [5, 5.41) is 10.2. The molecule has 1 aliphatic rings. The van der Waals surface area contributed by atoms with Crippen LogP contribution in [0.15, 0.2) is 18.2 Å². The Balaban J connectivity index is 2.20. The molecule has 2 rings (SSSR count). The fourth-order valence-electron chi connectivity index (χ4n) is 2.49. The number of anilines is 1. The first-order chi connectivity index (χ1) is 7.18. The van der Waals surface area contributed by atoms with Crippen molar-refractivity contribution >= 4 is 5.69 Å². The van der Waals surface area contributed by atoms with Gasteiger partial charge < -0.3 is 10.8 Å². The van der Waals surface area contributed by atoms with Gasteiger partial charge in [-0.3, -0.25) is 0 Å². The lowest BCUT2D eigenvalue weighted by Crippen LogP contribution is -2.11. The summed E-state index contributed by atoms with van der Waals surface area (Å²) in [6, 6.07) is 5.92. The highest BCUT2D eigenvalue weighted by molar-refractivity contribution is 5.50. The Morgan fingerprint density at radius 3 is 2.60 bits per heavy atom. The van der Waals surface area contributed by atoms with Crippen LogP contribution in [0.1, 0.15) is 42.9 Å². The summed E-state index contributed by atoms with van der Waals surface area (Å²) in [4.78, 5) is 0. The second kappa shape index (κ2) is 4.23. The molecule has 1 fully saturated rings. The number of benzene rings is 1. The first kappa shape index (κ1) is 10.5. The Kier molecular flexibility index (Phi) is 2.96. The number of rotatable bonds is 2. The summed E-state index contributed by atoms with van der Waals surface area (Å²) >= 11 is 0. The predicted molar refractivity (Wildman–Crippen MR) is 62.5 cm³/mol. The number of aliphatic hydroxyl groups is 1. The monoisotopic (exact) mass is 205 g/mol. The van der Waals surface area contributed by atoms with Gasteiger partial charge in [0.15, 0.2) is 0 Å². The molecule has 15 heavy (non-hydrogen) atoms. The number of hydrogen-bond acceptors (Lipinski definition) is 2. The van der Waals surface area contributed by atoms with E-state index in [-0.39, 0.29) is 6.10 Å². The van der Waals surface area contributed by atoms with Gasteiger partial charge in [-0.2, -0.15) is 0 Å². The molecule has 3 N–H and O–H groups in total. The molecule has 1 aromatic rings. The molecule has 1 saturated carbocycles. The summed E-state index contributed by atoms with van der Waals surface area (Å²) in [6.07, 6.45) is 4.39. The largest absolute Gasteiger partial charge is 0.398 e. The lowest BCUT2D eigenvalue weighted by Gasteiger charge is -2.19. The van der Waals surface area contributed by atoms with Gasteiger partial charge in [0.1, 0.15) is 0 Å². The summed E-state index contributed by atoms with van der Waals surface area (Å²) in [7, 11) is 0. The van der Waals surface area contributed by atoms with E-state index in [1.807, 2.05) is 25.1 Å². The molecule has 2 nitrogen and oxygen atoms in total. The first-order valence-corrected chi connectivity index (χ1v) is 5.72. The maximum atomic E-state index is 10.2. The van der Waals surface area contributed by atoms with Crippen molar-refractivity contribution in [3.63, 3.8) is 0 Å². The van der Waals surface area contributed by atoms with Gasteiger partial charge in [0, 0.05) is 11.3 Å². The summed E-state index contributed by atoms with van der Waals surface area (Å²) < 4.78 is 0. The average molecular weight is 205 g/mol. The molecule has 0 saturated heterocycles. The Morgan fingerprint density at radius 1 is 1.33 bits per heavy atom. The molecule has 1 aliphatic carbocycles. The van der Waals surface area contributed by atoms with Gasteiger partial charge in [0.2, 0.25) is 0 Å². The maximum absolute atomic E-state index is 10.2. The summed E-state index contributed by atoms with van der Waals surface area (Å²) in [6.45, 7) is 2.02. The van der Waals surface area contributed by atoms with Crippen molar-refractivity contribution in [2.45, 2.75) is 38.7 Å². The molecule has 0 heterocycles. The fourth-order valence-corrected chi connectivity index (χ4v) is 2.49. The van der Waals surface area contributed by atoms with Crippen LogP contribution in [0.3, 0.4) is 0 Å². The third kappa shape index (κ3) is 2.15. The zero-order chi connectivity index (χ0) is 10.8. The zero-order valence-electron chi connectivity index (χ0n) is 9.24. The fraction of sp³-hybridized carbons (Fsp3) is 0.538. The number of aliphatic hydroxyl groups excluding tert-OH is 1. The average Bonchev–Trinajstić information content (AvgIpc) is 2.69. The standard InChI is InChI=1S/C13H19NO/c1-9-6-7-11(12(14)8-9)13(15)10-4-2-3-5-10/h6-8,10,13,15H,2-5,14H2,1H3. The summed E-state index contributed by atoms with van der Waals surface area (Å²) in [5.74, 6) is 0.412. The van der Waals surface area contributed by atoms with Gasteiger partial charge in [-0.1, -0.05) is 25.0 Å². The molecule has 0 spiro atoms. The van der Waals surface area contributed by atoms with Crippen molar-refractivity contribution in [2.75, 3.05) is 5.73 Å². The third-order valence-electron chi connectivity index (χ3n) is 3.41. The van der Waals surface area contributed by atoms with Crippen LogP contribution in [0.2, 0.25) is 0 Å². The van der Waals surface area contributed by atoms with Crippen LogP contribution < -0.4 is 5.73 Å². The highest BCUT2D eigenvalue weighted by Gasteiger charge is 2.25. The van der Waals surface area contributed by atoms with Crippen molar-refractivity contribution < 1.29 is 5.11 Å². The minimum absolute atomic E-state index is 0.368. The summed E-state index contributed by atoms with van der Waals surface area (Å²) in [5.41, 5.74) is 8.72. The Hall–Kier alpha value is -1.02. The lowest BCUT2D eigenvalue weighted by atomic mass is 9.93. The molecular weight excluding hydrogens is 186 g/mol. The molecular formula is C13H19NO. The minimum Gasteiger partial charge on any atom is -0.398 e. The highest BCUT2D eigenvalue weighted by atomic mass is 16.3. The molecule has 82 valence electrons. The van der Waals surface area contributed by atoms with Crippen LogP contribution in [0.5, 0.6) is 0 Å².